The van der Waals surface area contributed by atoms with Crippen LogP contribution in [0.5, 0.6) is 23.0 Å². The minimum Gasteiger partial charge on any atom is -0.494 e. The summed E-state index contributed by atoms with van der Waals surface area (Å²) in [7, 11) is 0. The highest BCUT2D eigenvalue weighted by Crippen LogP contribution is 2.19. The normalized spacial score (nSPS) is 10.8. The van der Waals surface area contributed by atoms with Crippen LogP contribution in [0.15, 0.2) is 116 Å². The van der Waals surface area contributed by atoms with E-state index in [2.05, 4.69) is 6.58 Å². The van der Waals surface area contributed by atoms with Crippen molar-refractivity contribution in [1.82, 2.24) is 0 Å². The zero-order valence-electron chi connectivity index (χ0n) is 24.0. The molecule has 0 aromatic heterocycles. The van der Waals surface area contributed by atoms with Gasteiger partial charge in [-0.15, -0.1) is 0 Å². The number of allylic oxidation sites excluding steroid dienone is 1. The lowest BCUT2D eigenvalue weighted by Gasteiger charge is -2.10. The van der Waals surface area contributed by atoms with E-state index in [1.54, 1.807) is 12.2 Å². The number of ketones is 1. The summed E-state index contributed by atoms with van der Waals surface area (Å²) in [5.41, 5.74) is 2.70. The number of hydrogen-bond donors (Lipinski definition) is 0. The van der Waals surface area contributed by atoms with Gasteiger partial charge in [0.25, 0.3) is 0 Å². The molecule has 0 radical (unpaired) electrons. The summed E-state index contributed by atoms with van der Waals surface area (Å²) in [5, 5.41) is 0. The molecule has 4 aromatic carbocycles. The van der Waals surface area contributed by atoms with E-state index in [0.717, 1.165) is 66.4 Å². The number of carbonyl (C=O) groups is 1. The molecule has 0 fully saturated rings. The maximum absolute atomic E-state index is 12.2. The number of carbonyl (C=O) groups excluding carboxylic acids is 1. The summed E-state index contributed by atoms with van der Waals surface area (Å²) >= 11 is 0. The van der Waals surface area contributed by atoms with Crippen LogP contribution in [0.2, 0.25) is 0 Å². The lowest BCUT2D eigenvalue weighted by atomic mass is 10.1. The van der Waals surface area contributed by atoms with Gasteiger partial charge in [0.15, 0.2) is 5.78 Å². The first-order valence-corrected chi connectivity index (χ1v) is 14.4. The highest BCUT2D eigenvalue weighted by molar-refractivity contribution is 6.06. The van der Waals surface area contributed by atoms with Gasteiger partial charge in [-0.2, -0.15) is 0 Å². The molecule has 0 aliphatic heterocycles. The van der Waals surface area contributed by atoms with Gasteiger partial charge in [0.05, 0.1) is 13.2 Å². The predicted octanol–water partition coefficient (Wildman–Crippen LogP) is 8.70. The van der Waals surface area contributed by atoms with Crippen LogP contribution in [0, 0.1) is 0 Å². The number of hydrogen-bond acceptors (Lipinski definition) is 5. The number of ether oxygens (including phenoxy) is 4. The third-order valence-corrected chi connectivity index (χ3v) is 6.50. The van der Waals surface area contributed by atoms with Crippen LogP contribution in [-0.4, -0.2) is 32.2 Å². The van der Waals surface area contributed by atoms with Crippen molar-refractivity contribution in [2.24, 2.45) is 0 Å². The first-order valence-electron chi connectivity index (χ1n) is 14.4. The average molecular weight is 563 g/mol. The quantitative estimate of drug-likeness (QED) is 0.0690. The minimum atomic E-state index is -0.0207. The highest BCUT2D eigenvalue weighted by atomic mass is 16.5. The highest BCUT2D eigenvalue weighted by Gasteiger charge is 2.01. The minimum absolute atomic E-state index is 0.0207. The SMILES string of the molecule is C=Cc1ccc(OCCCCCCOc2ccc(OCCOc3ccc(C=CC(=O)c4ccccc4)cc3)cc2)cc1. The van der Waals surface area contributed by atoms with Crippen LogP contribution in [-0.2, 0) is 0 Å². The van der Waals surface area contributed by atoms with Crippen molar-refractivity contribution in [3.8, 4) is 23.0 Å². The second-order valence-electron chi connectivity index (χ2n) is 9.69. The maximum Gasteiger partial charge on any atom is 0.185 e. The Balaban J connectivity index is 1.03. The van der Waals surface area contributed by atoms with Crippen molar-refractivity contribution in [3.05, 3.63) is 132 Å². The zero-order chi connectivity index (χ0) is 29.2. The van der Waals surface area contributed by atoms with Gasteiger partial charge < -0.3 is 18.9 Å². The summed E-state index contributed by atoms with van der Waals surface area (Å²) in [6.07, 6.45) is 9.46. The monoisotopic (exact) mass is 562 g/mol. The molecule has 0 saturated carbocycles. The molecule has 4 rings (SSSR count). The Labute approximate surface area is 249 Å². The van der Waals surface area contributed by atoms with Crippen LogP contribution >= 0.6 is 0 Å². The van der Waals surface area contributed by atoms with Gasteiger partial charge >= 0.3 is 0 Å². The standard InChI is InChI=1S/C37H38O5/c1-2-30-12-17-33(18-13-30)39-26-8-3-4-9-27-40-35-21-23-36(24-22-35)42-29-28-41-34-19-14-31(15-20-34)16-25-37(38)32-10-6-5-7-11-32/h2,5-7,10-25H,1,3-4,8-9,26-29H2. The predicted molar refractivity (Wildman–Crippen MR) is 170 cm³/mol. The topological polar surface area (TPSA) is 54.0 Å². The Bertz CT molecular complexity index is 1380. The molecule has 0 aliphatic rings. The lowest BCUT2D eigenvalue weighted by molar-refractivity contribution is 0.104. The molecular formula is C37H38O5. The Hall–Kier alpha value is -4.77. The van der Waals surface area contributed by atoms with E-state index in [4.69, 9.17) is 18.9 Å². The average Bonchev–Trinajstić information content (AvgIpc) is 3.05. The van der Waals surface area contributed by atoms with Crippen molar-refractivity contribution < 1.29 is 23.7 Å². The van der Waals surface area contributed by atoms with Gasteiger partial charge in [0.1, 0.15) is 36.2 Å². The Morgan fingerprint density at radius 3 is 1.43 bits per heavy atom. The van der Waals surface area contributed by atoms with Gasteiger partial charge in [-0.1, -0.05) is 73.3 Å². The molecule has 216 valence electrons. The maximum atomic E-state index is 12.2. The van der Waals surface area contributed by atoms with Crippen LogP contribution in [0.25, 0.3) is 12.2 Å². The van der Waals surface area contributed by atoms with Crippen molar-refractivity contribution in [2.45, 2.75) is 25.7 Å². The molecule has 5 heteroatoms. The van der Waals surface area contributed by atoms with E-state index in [-0.39, 0.29) is 5.78 Å². The van der Waals surface area contributed by atoms with Gasteiger partial charge in [0, 0.05) is 5.56 Å². The Morgan fingerprint density at radius 1 is 0.524 bits per heavy atom. The third kappa shape index (κ3) is 10.7. The molecule has 0 amide bonds. The molecule has 0 unspecified atom stereocenters. The van der Waals surface area contributed by atoms with Gasteiger partial charge in [-0.05, 0) is 91.4 Å². The molecule has 0 spiro atoms. The molecular weight excluding hydrogens is 524 g/mol. The summed E-state index contributed by atoms with van der Waals surface area (Å²) < 4.78 is 23.2. The van der Waals surface area contributed by atoms with Crippen molar-refractivity contribution in [3.63, 3.8) is 0 Å². The first kappa shape index (κ1) is 30.2. The number of benzene rings is 4. The molecule has 0 aliphatic carbocycles. The summed E-state index contributed by atoms with van der Waals surface area (Å²) in [4.78, 5) is 12.2. The van der Waals surface area contributed by atoms with Crippen LogP contribution in [0.1, 0.15) is 47.2 Å². The molecule has 0 N–H and O–H groups in total. The molecule has 5 nitrogen and oxygen atoms in total. The van der Waals surface area contributed by atoms with E-state index >= 15 is 0 Å². The second kappa shape index (κ2) is 17.1. The molecule has 42 heavy (non-hydrogen) atoms. The van der Waals surface area contributed by atoms with Gasteiger partial charge in [-0.25, -0.2) is 0 Å². The van der Waals surface area contributed by atoms with Gasteiger partial charge in [0.2, 0.25) is 0 Å². The molecule has 0 heterocycles. The number of unbranched alkanes of at least 4 members (excludes halogenated alkanes) is 3. The molecule has 0 saturated heterocycles. The van der Waals surface area contributed by atoms with E-state index in [1.807, 2.05) is 109 Å². The largest absolute Gasteiger partial charge is 0.494 e. The smallest absolute Gasteiger partial charge is 0.185 e. The van der Waals surface area contributed by atoms with Crippen LogP contribution in [0.4, 0.5) is 0 Å². The van der Waals surface area contributed by atoms with Crippen LogP contribution in [0.3, 0.4) is 0 Å². The fourth-order valence-electron chi connectivity index (χ4n) is 4.13. The fourth-order valence-corrected chi connectivity index (χ4v) is 4.13. The van der Waals surface area contributed by atoms with Gasteiger partial charge in [-0.3, -0.25) is 4.79 Å². The number of rotatable bonds is 18. The summed E-state index contributed by atoms with van der Waals surface area (Å²) in [6, 6.07) is 32.5. The van der Waals surface area contributed by atoms with Crippen molar-refractivity contribution in [1.29, 1.82) is 0 Å². The third-order valence-electron chi connectivity index (χ3n) is 6.50. The van der Waals surface area contributed by atoms with E-state index < -0.39 is 0 Å². The van der Waals surface area contributed by atoms with E-state index in [1.165, 1.54) is 0 Å². The second-order valence-corrected chi connectivity index (χ2v) is 9.69. The lowest BCUT2D eigenvalue weighted by Crippen LogP contribution is -2.09. The Morgan fingerprint density at radius 2 is 0.952 bits per heavy atom. The van der Waals surface area contributed by atoms with Crippen molar-refractivity contribution in [2.75, 3.05) is 26.4 Å². The first-order chi connectivity index (χ1) is 20.7. The van der Waals surface area contributed by atoms with Crippen LogP contribution < -0.4 is 18.9 Å². The zero-order valence-corrected chi connectivity index (χ0v) is 24.0. The van der Waals surface area contributed by atoms with E-state index in [0.29, 0.717) is 25.4 Å². The van der Waals surface area contributed by atoms with E-state index in [9.17, 15) is 4.79 Å². The fraction of sp³-hybridized carbons (Fsp3) is 0.216. The molecule has 4 aromatic rings. The summed E-state index contributed by atoms with van der Waals surface area (Å²) in [5.74, 6) is 3.24. The molecule has 0 bridgehead atoms. The van der Waals surface area contributed by atoms with Crippen molar-refractivity contribution >= 4 is 17.9 Å². The Kier molecular flexibility index (Phi) is 12.3. The molecule has 0 atom stereocenters. The summed E-state index contributed by atoms with van der Waals surface area (Å²) in [6.45, 7) is 6.03.